The van der Waals surface area contributed by atoms with Crippen LogP contribution in [0.1, 0.15) is 40.5 Å². The maximum Gasteiger partial charge on any atom is 0.0728 e. The SMILES string of the molecule is CC1OCCC1(N)CCOC(C)(C)C. The van der Waals surface area contributed by atoms with Crippen molar-refractivity contribution in [3.05, 3.63) is 0 Å². The van der Waals surface area contributed by atoms with Crippen LogP contribution in [0.4, 0.5) is 0 Å². The predicted molar refractivity (Wildman–Crippen MR) is 57.3 cm³/mol. The fraction of sp³-hybridized carbons (Fsp3) is 1.00. The second-order valence-corrected chi connectivity index (χ2v) is 5.21. The summed E-state index contributed by atoms with van der Waals surface area (Å²) in [6.45, 7) is 9.73. The molecule has 1 fully saturated rings. The molecule has 1 aliphatic heterocycles. The van der Waals surface area contributed by atoms with Crippen LogP contribution in [-0.4, -0.2) is 30.5 Å². The van der Waals surface area contributed by atoms with Gasteiger partial charge in [-0.1, -0.05) is 0 Å². The lowest BCUT2D eigenvalue weighted by atomic mass is 9.90. The molecule has 3 nitrogen and oxygen atoms in total. The van der Waals surface area contributed by atoms with Crippen LogP contribution in [0.3, 0.4) is 0 Å². The average molecular weight is 201 g/mol. The van der Waals surface area contributed by atoms with Gasteiger partial charge in [-0.3, -0.25) is 0 Å². The number of nitrogens with two attached hydrogens (primary N) is 1. The first-order valence-corrected chi connectivity index (χ1v) is 5.38. The molecule has 0 aromatic carbocycles. The molecule has 14 heavy (non-hydrogen) atoms. The van der Waals surface area contributed by atoms with Gasteiger partial charge < -0.3 is 15.2 Å². The number of hydrogen-bond acceptors (Lipinski definition) is 3. The van der Waals surface area contributed by atoms with Gasteiger partial charge in [0, 0.05) is 18.8 Å². The molecule has 2 atom stereocenters. The molecular formula is C11H23NO2. The Kier molecular flexibility index (Phi) is 3.56. The zero-order valence-electron chi connectivity index (χ0n) is 9.80. The summed E-state index contributed by atoms with van der Waals surface area (Å²) in [5.74, 6) is 0. The molecule has 3 heteroatoms. The Balaban J connectivity index is 2.30. The number of hydrogen-bond donors (Lipinski definition) is 1. The van der Waals surface area contributed by atoms with Crippen LogP contribution in [-0.2, 0) is 9.47 Å². The first-order chi connectivity index (χ1) is 6.33. The summed E-state index contributed by atoms with van der Waals surface area (Å²) in [6, 6.07) is 0. The molecule has 0 aromatic rings. The minimum absolute atomic E-state index is 0.0704. The molecule has 0 spiro atoms. The van der Waals surface area contributed by atoms with Crippen LogP contribution in [0, 0.1) is 0 Å². The van der Waals surface area contributed by atoms with Crippen molar-refractivity contribution in [2.75, 3.05) is 13.2 Å². The van der Waals surface area contributed by atoms with Gasteiger partial charge in [-0.15, -0.1) is 0 Å². The van der Waals surface area contributed by atoms with E-state index in [0.29, 0.717) is 6.61 Å². The average Bonchev–Trinajstić information content (AvgIpc) is 2.30. The highest BCUT2D eigenvalue weighted by atomic mass is 16.5. The monoisotopic (exact) mass is 201 g/mol. The van der Waals surface area contributed by atoms with Crippen molar-refractivity contribution in [3.63, 3.8) is 0 Å². The predicted octanol–water partition coefficient (Wildman–Crippen LogP) is 1.70. The van der Waals surface area contributed by atoms with Crippen molar-refractivity contribution in [3.8, 4) is 0 Å². The maximum atomic E-state index is 6.23. The van der Waals surface area contributed by atoms with Crippen LogP contribution in [0.15, 0.2) is 0 Å². The van der Waals surface area contributed by atoms with Crippen LogP contribution in [0.5, 0.6) is 0 Å². The van der Waals surface area contributed by atoms with E-state index in [1.54, 1.807) is 0 Å². The summed E-state index contributed by atoms with van der Waals surface area (Å²) in [7, 11) is 0. The fourth-order valence-electron chi connectivity index (χ4n) is 1.67. The molecule has 2 N–H and O–H groups in total. The van der Waals surface area contributed by atoms with E-state index in [9.17, 15) is 0 Å². The van der Waals surface area contributed by atoms with E-state index >= 15 is 0 Å². The minimum Gasteiger partial charge on any atom is -0.377 e. The van der Waals surface area contributed by atoms with E-state index in [1.807, 2.05) is 6.92 Å². The number of rotatable bonds is 3. The lowest BCUT2D eigenvalue weighted by Crippen LogP contribution is -2.47. The molecular weight excluding hydrogens is 178 g/mol. The molecule has 84 valence electrons. The topological polar surface area (TPSA) is 44.5 Å². The van der Waals surface area contributed by atoms with Gasteiger partial charge in [-0.05, 0) is 40.5 Å². The summed E-state index contributed by atoms with van der Waals surface area (Å²) in [5, 5.41) is 0. The lowest BCUT2D eigenvalue weighted by molar-refractivity contribution is -0.0165. The van der Waals surface area contributed by atoms with E-state index < -0.39 is 0 Å². The molecule has 0 bridgehead atoms. The second-order valence-electron chi connectivity index (χ2n) is 5.21. The summed E-state index contributed by atoms with van der Waals surface area (Å²) < 4.78 is 11.1. The van der Waals surface area contributed by atoms with Gasteiger partial charge >= 0.3 is 0 Å². The van der Waals surface area contributed by atoms with Crippen LogP contribution < -0.4 is 5.73 Å². The third-order valence-electron chi connectivity index (χ3n) is 2.85. The molecule has 2 unspecified atom stereocenters. The van der Waals surface area contributed by atoms with Crippen molar-refractivity contribution in [1.82, 2.24) is 0 Å². The molecule has 0 amide bonds. The molecule has 1 heterocycles. The van der Waals surface area contributed by atoms with E-state index in [-0.39, 0.29) is 17.2 Å². The van der Waals surface area contributed by atoms with E-state index in [1.165, 1.54) is 0 Å². The number of ether oxygens (including phenoxy) is 2. The second kappa shape index (κ2) is 4.17. The third kappa shape index (κ3) is 3.23. The van der Waals surface area contributed by atoms with Crippen molar-refractivity contribution < 1.29 is 9.47 Å². The quantitative estimate of drug-likeness (QED) is 0.756. The summed E-state index contributed by atoms with van der Waals surface area (Å²) >= 11 is 0. The smallest absolute Gasteiger partial charge is 0.0728 e. The normalized spacial score (nSPS) is 33.6. The van der Waals surface area contributed by atoms with Crippen molar-refractivity contribution >= 4 is 0 Å². The highest BCUT2D eigenvalue weighted by molar-refractivity contribution is 4.94. The molecule has 0 aliphatic carbocycles. The van der Waals surface area contributed by atoms with Crippen LogP contribution in [0.2, 0.25) is 0 Å². The molecule has 1 saturated heterocycles. The standard InChI is InChI=1S/C11H23NO2/c1-9-11(12,5-7-13-9)6-8-14-10(2,3)4/h9H,5-8,12H2,1-4H3. The van der Waals surface area contributed by atoms with Crippen LogP contribution in [0.25, 0.3) is 0 Å². The molecule has 1 rings (SSSR count). The Morgan fingerprint density at radius 3 is 2.57 bits per heavy atom. The van der Waals surface area contributed by atoms with Gasteiger partial charge in [0.15, 0.2) is 0 Å². The maximum absolute atomic E-state index is 6.23. The highest BCUT2D eigenvalue weighted by Crippen LogP contribution is 2.26. The molecule has 0 aromatic heterocycles. The van der Waals surface area contributed by atoms with Crippen LogP contribution >= 0.6 is 0 Å². The molecule has 0 saturated carbocycles. The van der Waals surface area contributed by atoms with Gasteiger partial charge in [0.05, 0.1) is 11.7 Å². The summed E-state index contributed by atoms with van der Waals surface area (Å²) in [4.78, 5) is 0. The van der Waals surface area contributed by atoms with Gasteiger partial charge in [0.1, 0.15) is 0 Å². The first-order valence-electron chi connectivity index (χ1n) is 5.38. The van der Waals surface area contributed by atoms with Gasteiger partial charge in [-0.25, -0.2) is 0 Å². The minimum atomic E-state index is -0.175. The van der Waals surface area contributed by atoms with E-state index in [2.05, 4.69) is 20.8 Å². The summed E-state index contributed by atoms with van der Waals surface area (Å²) in [6.07, 6.45) is 1.98. The van der Waals surface area contributed by atoms with Crippen molar-refractivity contribution in [2.24, 2.45) is 5.73 Å². The fourth-order valence-corrected chi connectivity index (χ4v) is 1.67. The first kappa shape index (κ1) is 12.0. The van der Waals surface area contributed by atoms with Gasteiger partial charge in [0.25, 0.3) is 0 Å². The zero-order valence-corrected chi connectivity index (χ0v) is 9.80. The Bertz CT molecular complexity index is 188. The Labute approximate surface area is 86.9 Å². The molecule has 1 aliphatic rings. The van der Waals surface area contributed by atoms with E-state index in [0.717, 1.165) is 19.4 Å². The molecule has 0 radical (unpaired) electrons. The highest BCUT2D eigenvalue weighted by Gasteiger charge is 2.37. The Morgan fingerprint density at radius 2 is 2.14 bits per heavy atom. The largest absolute Gasteiger partial charge is 0.377 e. The van der Waals surface area contributed by atoms with Crippen molar-refractivity contribution in [2.45, 2.75) is 57.8 Å². The third-order valence-corrected chi connectivity index (χ3v) is 2.85. The summed E-state index contributed by atoms with van der Waals surface area (Å²) in [5.41, 5.74) is 5.98. The Morgan fingerprint density at radius 1 is 1.50 bits per heavy atom. The van der Waals surface area contributed by atoms with Crippen molar-refractivity contribution in [1.29, 1.82) is 0 Å². The zero-order chi connectivity index (χ0) is 10.8. The van der Waals surface area contributed by atoms with E-state index in [4.69, 9.17) is 15.2 Å². The van der Waals surface area contributed by atoms with Gasteiger partial charge in [0.2, 0.25) is 0 Å². The Hall–Kier alpha value is -0.120. The lowest BCUT2D eigenvalue weighted by Gasteiger charge is -2.29. The van der Waals surface area contributed by atoms with Gasteiger partial charge in [-0.2, -0.15) is 0 Å².